The van der Waals surface area contributed by atoms with Crippen LogP contribution in [0, 0.1) is 16.7 Å². The van der Waals surface area contributed by atoms with Gasteiger partial charge in [-0.25, -0.2) is 0 Å². The number of anilines is 1. The summed E-state index contributed by atoms with van der Waals surface area (Å²) in [6.45, 7) is 0. The van der Waals surface area contributed by atoms with Crippen LogP contribution in [-0.4, -0.2) is 17.0 Å². The van der Waals surface area contributed by atoms with Gasteiger partial charge >= 0.3 is 5.97 Å². The molecule has 0 aliphatic heterocycles. The monoisotopic (exact) mass is 272 g/mol. The molecule has 0 aromatic heterocycles. The van der Waals surface area contributed by atoms with Crippen LogP contribution in [0.15, 0.2) is 24.3 Å². The summed E-state index contributed by atoms with van der Waals surface area (Å²) < 4.78 is 0. The minimum atomic E-state index is -0.906. The molecule has 1 fully saturated rings. The third-order valence-corrected chi connectivity index (χ3v) is 3.81. The van der Waals surface area contributed by atoms with E-state index in [-0.39, 0.29) is 12.3 Å². The van der Waals surface area contributed by atoms with Crippen molar-refractivity contribution in [2.45, 2.75) is 32.1 Å². The van der Waals surface area contributed by atoms with Gasteiger partial charge in [0.1, 0.15) is 0 Å². The zero-order chi connectivity index (χ0) is 14.6. The van der Waals surface area contributed by atoms with E-state index < -0.39 is 11.4 Å². The molecule has 5 heteroatoms. The fourth-order valence-corrected chi connectivity index (χ4v) is 2.66. The first-order chi connectivity index (χ1) is 9.55. The number of nitrogens with zero attached hydrogens (tertiary/aromatic N) is 1. The summed E-state index contributed by atoms with van der Waals surface area (Å²) in [5.41, 5.74) is 0.185. The van der Waals surface area contributed by atoms with Crippen molar-refractivity contribution in [1.29, 1.82) is 5.26 Å². The van der Waals surface area contributed by atoms with Gasteiger partial charge < -0.3 is 10.4 Å². The van der Waals surface area contributed by atoms with E-state index in [1.54, 1.807) is 24.3 Å². The molecule has 2 rings (SSSR count). The molecule has 0 heterocycles. The first kappa shape index (κ1) is 14.1. The van der Waals surface area contributed by atoms with Crippen LogP contribution in [0.25, 0.3) is 0 Å². The van der Waals surface area contributed by atoms with Gasteiger partial charge in [0.05, 0.1) is 17.0 Å². The smallest absolute Gasteiger partial charge is 0.310 e. The number of benzene rings is 1. The predicted molar refractivity (Wildman–Crippen MR) is 72.9 cm³/mol. The van der Waals surface area contributed by atoms with Crippen molar-refractivity contribution in [2.24, 2.45) is 5.41 Å². The van der Waals surface area contributed by atoms with Gasteiger partial charge in [-0.15, -0.1) is 0 Å². The molecule has 0 saturated heterocycles. The molecule has 5 nitrogen and oxygen atoms in total. The lowest BCUT2D eigenvalue weighted by Crippen LogP contribution is -2.32. The molecule has 1 aromatic rings. The molecule has 0 spiro atoms. The number of hydrogen-bond acceptors (Lipinski definition) is 3. The number of carbonyl (C=O) groups is 2. The van der Waals surface area contributed by atoms with Gasteiger partial charge in [-0.3, -0.25) is 9.59 Å². The number of hydrogen-bond donors (Lipinski definition) is 2. The summed E-state index contributed by atoms with van der Waals surface area (Å²) in [5.74, 6) is -1.18. The molecule has 0 unspecified atom stereocenters. The quantitative estimate of drug-likeness (QED) is 0.881. The van der Waals surface area contributed by atoms with Crippen LogP contribution in [0.4, 0.5) is 5.69 Å². The third-order valence-electron chi connectivity index (χ3n) is 3.81. The Morgan fingerprint density at radius 3 is 2.35 bits per heavy atom. The van der Waals surface area contributed by atoms with Crippen LogP contribution < -0.4 is 5.32 Å². The van der Waals surface area contributed by atoms with Gasteiger partial charge in [0.2, 0.25) is 5.91 Å². The SMILES string of the molecule is N#Cc1ccc(NC(=O)CC2(C(=O)O)CCCC2)cc1. The van der Waals surface area contributed by atoms with E-state index in [9.17, 15) is 14.7 Å². The molecular weight excluding hydrogens is 256 g/mol. The van der Waals surface area contributed by atoms with Crippen molar-refractivity contribution < 1.29 is 14.7 Å². The van der Waals surface area contributed by atoms with Crippen LogP contribution in [0.2, 0.25) is 0 Å². The second kappa shape index (κ2) is 5.74. The molecule has 1 amide bonds. The standard InChI is InChI=1S/C15H16N2O3/c16-10-11-3-5-12(6-4-11)17-13(18)9-15(14(19)20)7-1-2-8-15/h3-6H,1-2,7-9H2,(H,17,18)(H,19,20). The van der Waals surface area contributed by atoms with Crippen molar-refractivity contribution in [1.82, 2.24) is 0 Å². The number of nitrogens with one attached hydrogen (secondary N) is 1. The van der Waals surface area contributed by atoms with E-state index in [1.807, 2.05) is 6.07 Å². The van der Waals surface area contributed by atoms with Crippen molar-refractivity contribution in [3.63, 3.8) is 0 Å². The summed E-state index contributed by atoms with van der Waals surface area (Å²) in [6, 6.07) is 8.49. The Bertz CT molecular complexity index is 551. The van der Waals surface area contributed by atoms with Gasteiger partial charge in [0, 0.05) is 12.1 Å². The average Bonchev–Trinajstić information content (AvgIpc) is 2.89. The number of carboxylic acids is 1. The molecule has 1 aliphatic rings. The highest BCUT2D eigenvalue weighted by atomic mass is 16.4. The van der Waals surface area contributed by atoms with Gasteiger partial charge in [-0.2, -0.15) is 5.26 Å². The Morgan fingerprint density at radius 1 is 1.25 bits per heavy atom. The van der Waals surface area contributed by atoms with Crippen LogP contribution >= 0.6 is 0 Å². The number of rotatable bonds is 4. The summed E-state index contributed by atoms with van der Waals surface area (Å²) in [4.78, 5) is 23.4. The van der Waals surface area contributed by atoms with Gasteiger partial charge in [-0.05, 0) is 37.1 Å². The number of amides is 1. The van der Waals surface area contributed by atoms with Gasteiger partial charge in [0.15, 0.2) is 0 Å². The van der Waals surface area contributed by atoms with Crippen LogP contribution in [-0.2, 0) is 9.59 Å². The van der Waals surface area contributed by atoms with E-state index in [2.05, 4.69) is 5.32 Å². The molecular formula is C15H16N2O3. The zero-order valence-corrected chi connectivity index (χ0v) is 11.1. The Balaban J connectivity index is 2.01. The maximum Gasteiger partial charge on any atom is 0.310 e. The third kappa shape index (κ3) is 2.97. The Kier molecular flexibility index (Phi) is 4.04. The Hall–Kier alpha value is -2.35. The van der Waals surface area contributed by atoms with Crippen molar-refractivity contribution >= 4 is 17.6 Å². The molecule has 0 atom stereocenters. The highest BCUT2D eigenvalue weighted by Gasteiger charge is 2.42. The van der Waals surface area contributed by atoms with Crippen LogP contribution in [0.1, 0.15) is 37.7 Å². The molecule has 0 bridgehead atoms. The minimum absolute atomic E-state index is 0.00232. The normalized spacial score (nSPS) is 16.4. The maximum absolute atomic E-state index is 12.0. The molecule has 20 heavy (non-hydrogen) atoms. The summed E-state index contributed by atoms with van der Waals surface area (Å²) in [6.07, 6.45) is 2.83. The molecule has 2 N–H and O–H groups in total. The molecule has 1 saturated carbocycles. The lowest BCUT2D eigenvalue weighted by atomic mass is 9.82. The van der Waals surface area contributed by atoms with Crippen LogP contribution in [0.5, 0.6) is 0 Å². The molecule has 1 aromatic carbocycles. The summed E-state index contributed by atoms with van der Waals surface area (Å²) in [7, 11) is 0. The highest BCUT2D eigenvalue weighted by molar-refractivity contribution is 5.94. The molecule has 0 radical (unpaired) electrons. The topological polar surface area (TPSA) is 90.2 Å². The Morgan fingerprint density at radius 2 is 1.85 bits per heavy atom. The van der Waals surface area contributed by atoms with E-state index in [4.69, 9.17) is 5.26 Å². The maximum atomic E-state index is 12.0. The number of aliphatic carboxylic acids is 1. The number of carboxylic acid groups (broad SMARTS) is 1. The summed E-state index contributed by atoms with van der Waals surface area (Å²) in [5, 5.41) is 20.7. The number of nitriles is 1. The minimum Gasteiger partial charge on any atom is -0.481 e. The van der Waals surface area contributed by atoms with E-state index >= 15 is 0 Å². The fourth-order valence-electron chi connectivity index (χ4n) is 2.66. The van der Waals surface area contributed by atoms with Gasteiger partial charge in [0.25, 0.3) is 0 Å². The van der Waals surface area contributed by atoms with Crippen LogP contribution in [0.3, 0.4) is 0 Å². The first-order valence-electron chi connectivity index (χ1n) is 6.59. The molecule has 104 valence electrons. The van der Waals surface area contributed by atoms with E-state index in [0.717, 1.165) is 12.8 Å². The average molecular weight is 272 g/mol. The predicted octanol–water partition coefficient (Wildman–Crippen LogP) is 2.53. The second-order valence-electron chi connectivity index (χ2n) is 5.21. The molecule has 1 aliphatic carbocycles. The van der Waals surface area contributed by atoms with Crippen molar-refractivity contribution in [3.05, 3.63) is 29.8 Å². The van der Waals surface area contributed by atoms with Crippen molar-refractivity contribution in [3.8, 4) is 6.07 Å². The van der Waals surface area contributed by atoms with Gasteiger partial charge in [-0.1, -0.05) is 12.8 Å². The largest absolute Gasteiger partial charge is 0.481 e. The summed E-state index contributed by atoms with van der Waals surface area (Å²) >= 11 is 0. The highest BCUT2D eigenvalue weighted by Crippen LogP contribution is 2.41. The fraction of sp³-hybridized carbons (Fsp3) is 0.400. The van der Waals surface area contributed by atoms with Crippen molar-refractivity contribution in [2.75, 3.05) is 5.32 Å². The lowest BCUT2D eigenvalue weighted by molar-refractivity contribution is -0.150. The van der Waals surface area contributed by atoms with E-state index in [1.165, 1.54) is 0 Å². The van der Waals surface area contributed by atoms with E-state index in [0.29, 0.717) is 24.1 Å². The Labute approximate surface area is 117 Å². The lowest BCUT2D eigenvalue weighted by Gasteiger charge is -2.22. The zero-order valence-electron chi connectivity index (χ0n) is 11.1. The second-order valence-corrected chi connectivity index (χ2v) is 5.21. The first-order valence-corrected chi connectivity index (χ1v) is 6.59. The number of carbonyl (C=O) groups excluding carboxylic acids is 1.